The van der Waals surface area contributed by atoms with E-state index in [9.17, 15) is 22.8 Å². The van der Waals surface area contributed by atoms with E-state index in [4.69, 9.17) is 16.3 Å². The summed E-state index contributed by atoms with van der Waals surface area (Å²) < 4.78 is 44.1. The Hall–Kier alpha value is -2.74. The lowest BCUT2D eigenvalue weighted by atomic mass is 9.90. The number of ether oxygens (including phenoxy) is 1. The van der Waals surface area contributed by atoms with Crippen molar-refractivity contribution in [1.82, 2.24) is 10.6 Å². The van der Waals surface area contributed by atoms with Crippen molar-refractivity contribution in [3.63, 3.8) is 0 Å². The van der Waals surface area contributed by atoms with E-state index in [0.29, 0.717) is 17.2 Å². The number of hydrogen-bond acceptors (Lipinski definition) is 3. The van der Waals surface area contributed by atoms with Crippen LogP contribution in [0.1, 0.15) is 47.2 Å². The predicted molar refractivity (Wildman–Crippen MR) is 120 cm³/mol. The summed E-state index contributed by atoms with van der Waals surface area (Å²) in [5, 5.41) is 6.75. The summed E-state index contributed by atoms with van der Waals surface area (Å²) in [6.45, 7) is 0. The third-order valence-electron chi connectivity index (χ3n) is 7.24. The first kappa shape index (κ1) is 23.0. The van der Waals surface area contributed by atoms with Gasteiger partial charge >= 0.3 is 6.18 Å². The highest BCUT2D eigenvalue weighted by atomic mass is 35.5. The summed E-state index contributed by atoms with van der Waals surface area (Å²) in [4.78, 5) is 25.4. The highest BCUT2D eigenvalue weighted by molar-refractivity contribution is 6.30. The van der Waals surface area contributed by atoms with Crippen molar-refractivity contribution in [2.24, 2.45) is 11.8 Å². The molecule has 2 aromatic rings. The van der Waals surface area contributed by atoms with Crippen LogP contribution in [0.4, 0.5) is 13.2 Å². The van der Waals surface area contributed by atoms with E-state index in [0.717, 1.165) is 43.4 Å². The fourth-order valence-corrected chi connectivity index (χ4v) is 5.70. The minimum atomic E-state index is -4.43. The zero-order valence-electron chi connectivity index (χ0n) is 18.2. The van der Waals surface area contributed by atoms with Gasteiger partial charge in [-0.15, -0.1) is 0 Å². The summed E-state index contributed by atoms with van der Waals surface area (Å²) in [5.74, 6) is 0.671. The molecule has 2 aromatic carbocycles. The Bertz CT molecular complexity index is 1110. The van der Waals surface area contributed by atoms with Gasteiger partial charge in [0, 0.05) is 22.7 Å². The molecule has 0 unspecified atom stereocenters. The molecule has 0 spiro atoms. The van der Waals surface area contributed by atoms with Crippen molar-refractivity contribution in [2.45, 2.75) is 56.5 Å². The van der Waals surface area contributed by atoms with Crippen LogP contribution in [0.15, 0.2) is 42.5 Å². The minimum Gasteiger partial charge on any atom is -0.480 e. The predicted octanol–water partition coefficient (Wildman–Crippen LogP) is 4.77. The highest BCUT2D eigenvalue weighted by Crippen LogP contribution is 2.45. The van der Waals surface area contributed by atoms with E-state index < -0.39 is 17.8 Å². The molecule has 3 aliphatic rings. The number of hydrogen-bond donors (Lipinski definition) is 2. The first-order valence-electron chi connectivity index (χ1n) is 11.4. The van der Waals surface area contributed by atoms with Crippen molar-refractivity contribution in [2.75, 3.05) is 0 Å². The topological polar surface area (TPSA) is 67.4 Å². The van der Waals surface area contributed by atoms with Crippen LogP contribution in [0.3, 0.4) is 0 Å². The number of carbonyl (C=O) groups excluding carboxylic acids is 2. The summed E-state index contributed by atoms with van der Waals surface area (Å²) in [5.41, 5.74) is 0.427. The van der Waals surface area contributed by atoms with E-state index in [1.165, 1.54) is 12.1 Å². The SMILES string of the molecule is O=C(N[C@@H]1C[C@@H]2C[C@H]1C[C@H]2NC(=O)[C@H]1CCc2cc(Cl)ccc2O1)c1ccc(C(F)(F)F)cc1. The van der Waals surface area contributed by atoms with Crippen LogP contribution in [0, 0.1) is 11.8 Å². The molecule has 2 N–H and O–H groups in total. The summed E-state index contributed by atoms with van der Waals surface area (Å²) in [7, 11) is 0. The molecule has 2 amide bonds. The first-order chi connectivity index (χ1) is 16.2. The van der Waals surface area contributed by atoms with Gasteiger partial charge in [-0.05, 0) is 92.0 Å². The molecule has 0 radical (unpaired) electrons. The van der Waals surface area contributed by atoms with Crippen LogP contribution in [-0.4, -0.2) is 30.0 Å². The van der Waals surface area contributed by atoms with Gasteiger partial charge in [-0.2, -0.15) is 13.2 Å². The van der Waals surface area contributed by atoms with Gasteiger partial charge in [0.1, 0.15) is 5.75 Å². The molecule has 5 nitrogen and oxygen atoms in total. The second-order valence-electron chi connectivity index (χ2n) is 9.39. The van der Waals surface area contributed by atoms with Gasteiger partial charge in [0.05, 0.1) is 5.56 Å². The summed E-state index contributed by atoms with van der Waals surface area (Å²) in [6.07, 6.45) is -1.27. The Morgan fingerprint density at radius 1 is 0.941 bits per heavy atom. The minimum absolute atomic E-state index is 0.0342. The van der Waals surface area contributed by atoms with Crippen molar-refractivity contribution in [1.29, 1.82) is 0 Å². The molecular formula is C25H24ClF3N2O3. The third kappa shape index (κ3) is 4.60. The second-order valence-corrected chi connectivity index (χ2v) is 9.83. The molecular weight excluding hydrogens is 469 g/mol. The lowest BCUT2D eigenvalue weighted by molar-refractivity contribution is -0.137. The monoisotopic (exact) mass is 492 g/mol. The van der Waals surface area contributed by atoms with E-state index in [2.05, 4.69) is 10.6 Å². The summed E-state index contributed by atoms with van der Waals surface area (Å²) in [6, 6.07) is 9.62. The molecule has 1 aliphatic heterocycles. The maximum absolute atomic E-state index is 12.8. The van der Waals surface area contributed by atoms with Gasteiger partial charge in [0.25, 0.3) is 11.8 Å². The third-order valence-corrected chi connectivity index (χ3v) is 7.47. The number of fused-ring (bicyclic) bond motifs is 3. The average Bonchev–Trinajstić information content (AvgIpc) is 3.38. The molecule has 2 fully saturated rings. The van der Waals surface area contributed by atoms with Crippen LogP contribution in [0.2, 0.25) is 5.02 Å². The van der Waals surface area contributed by atoms with Crippen molar-refractivity contribution in [3.8, 4) is 5.75 Å². The van der Waals surface area contributed by atoms with Gasteiger partial charge in [-0.3, -0.25) is 9.59 Å². The molecule has 0 aromatic heterocycles. The first-order valence-corrected chi connectivity index (χ1v) is 11.8. The molecule has 1 heterocycles. The fourth-order valence-electron chi connectivity index (χ4n) is 5.51. The number of carbonyl (C=O) groups is 2. The molecule has 9 heteroatoms. The van der Waals surface area contributed by atoms with Crippen LogP contribution < -0.4 is 15.4 Å². The largest absolute Gasteiger partial charge is 0.480 e. The van der Waals surface area contributed by atoms with Gasteiger partial charge in [-0.1, -0.05) is 11.6 Å². The number of benzene rings is 2. The molecule has 180 valence electrons. The normalized spacial score (nSPS) is 27.6. The van der Waals surface area contributed by atoms with Crippen LogP contribution in [0.25, 0.3) is 0 Å². The second kappa shape index (κ2) is 8.80. The Balaban J connectivity index is 1.13. The fraction of sp³-hybridized carbons (Fsp3) is 0.440. The number of halogens is 4. The van der Waals surface area contributed by atoms with Crippen LogP contribution >= 0.6 is 11.6 Å². The molecule has 2 saturated carbocycles. The number of aryl methyl sites for hydroxylation is 1. The maximum Gasteiger partial charge on any atom is 0.416 e. The van der Waals surface area contributed by atoms with E-state index in [1.54, 1.807) is 12.1 Å². The van der Waals surface area contributed by atoms with Gasteiger partial charge in [0.2, 0.25) is 0 Å². The average molecular weight is 493 g/mol. The standard InChI is InChI=1S/C25H24ClF3N2O3/c26-18-6-8-21-14(10-18)3-7-22(34-21)24(33)31-20-12-15-9-16(20)11-19(15)30-23(32)13-1-4-17(5-2-13)25(27,28)29/h1-2,4-6,8,10,15-16,19-20,22H,3,7,9,11-12H2,(H,30,32)(H,31,33)/t15-,16-,19+,20+,22+/m0/s1. The van der Waals surface area contributed by atoms with Crippen molar-refractivity contribution < 1.29 is 27.5 Å². The van der Waals surface area contributed by atoms with Gasteiger partial charge < -0.3 is 15.4 Å². The Morgan fingerprint density at radius 2 is 1.62 bits per heavy atom. The summed E-state index contributed by atoms with van der Waals surface area (Å²) >= 11 is 6.02. The Morgan fingerprint density at radius 3 is 2.26 bits per heavy atom. The van der Waals surface area contributed by atoms with Crippen LogP contribution in [-0.2, 0) is 17.4 Å². The Kier molecular flexibility index (Phi) is 5.96. The zero-order valence-corrected chi connectivity index (χ0v) is 19.0. The molecule has 0 saturated heterocycles. The molecule has 2 aliphatic carbocycles. The van der Waals surface area contributed by atoms with Gasteiger partial charge in [-0.25, -0.2) is 0 Å². The molecule has 5 atom stereocenters. The van der Waals surface area contributed by atoms with Gasteiger partial charge in [0.15, 0.2) is 6.10 Å². The quantitative estimate of drug-likeness (QED) is 0.646. The molecule has 5 rings (SSSR count). The van der Waals surface area contributed by atoms with Crippen molar-refractivity contribution >= 4 is 23.4 Å². The zero-order chi connectivity index (χ0) is 24.0. The van der Waals surface area contributed by atoms with E-state index >= 15 is 0 Å². The lowest BCUT2D eigenvalue weighted by Crippen LogP contribution is -2.49. The van der Waals surface area contributed by atoms with Crippen LogP contribution in [0.5, 0.6) is 5.75 Å². The number of alkyl halides is 3. The number of amides is 2. The smallest absolute Gasteiger partial charge is 0.416 e. The van der Waals surface area contributed by atoms with E-state index in [1.807, 2.05) is 6.07 Å². The number of nitrogens with one attached hydrogen (secondary N) is 2. The lowest BCUT2D eigenvalue weighted by Gasteiger charge is -2.31. The Labute approximate surface area is 200 Å². The van der Waals surface area contributed by atoms with Crippen molar-refractivity contribution in [3.05, 3.63) is 64.2 Å². The molecule has 34 heavy (non-hydrogen) atoms. The maximum atomic E-state index is 12.8. The molecule has 2 bridgehead atoms. The highest BCUT2D eigenvalue weighted by Gasteiger charge is 2.47. The number of rotatable bonds is 4. The van der Waals surface area contributed by atoms with E-state index in [-0.39, 0.29) is 41.3 Å².